The Morgan fingerprint density at radius 2 is 1.74 bits per heavy atom. The van der Waals surface area contributed by atoms with E-state index in [0.29, 0.717) is 5.56 Å². The number of halogens is 4. The normalized spacial score (nSPS) is 11.4. The summed E-state index contributed by atoms with van der Waals surface area (Å²) in [6, 6.07) is 6.04. The van der Waals surface area contributed by atoms with Crippen LogP contribution in [0.25, 0.3) is 0 Å². The van der Waals surface area contributed by atoms with Crippen LogP contribution in [0.2, 0.25) is 0 Å². The van der Waals surface area contributed by atoms with Crippen LogP contribution < -0.4 is 20.2 Å². The summed E-state index contributed by atoms with van der Waals surface area (Å²) >= 11 is 0. The molecule has 0 spiro atoms. The first-order chi connectivity index (χ1) is 18.5. The minimum absolute atomic E-state index is 0.0576. The van der Waals surface area contributed by atoms with Crippen molar-refractivity contribution in [3.05, 3.63) is 82.1 Å². The fourth-order valence-electron chi connectivity index (χ4n) is 3.45. The zero-order valence-electron chi connectivity index (χ0n) is 21.0. The summed E-state index contributed by atoms with van der Waals surface area (Å²) in [5, 5.41) is 2.39. The van der Waals surface area contributed by atoms with E-state index in [0.717, 1.165) is 31.5 Å². The molecule has 4 N–H and O–H groups in total. The Bertz CT molecular complexity index is 1470. The van der Waals surface area contributed by atoms with Crippen LogP contribution in [0.5, 0.6) is 0 Å². The van der Waals surface area contributed by atoms with Crippen LogP contribution >= 0.6 is 0 Å². The van der Waals surface area contributed by atoms with Gasteiger partial charge in [-0.1, -0.05) is 6.07 Å². The van der Waals surface area contributed by atoms with Crippen molar-refractivity contribution < 1.29 is 40.3 Å². The smallest absolute Gasteiger partial charge is 0.300 e. The number of ether oxygens (including phenoxy) is 1. The third-order valence-corrected chi connectivity index (χ3v) is 6.33. The molecule has 3 aromatic rings. The molecule has 0 saturated heterocycles. The largest absolute Gasteiger partial charge is 0.383 e. The van der Waals surface area contributed by atoms with Crippen LogP contribution in [-0.2, 0) is 26.2 Å². The predicted molar refractivity (Wildman–Crippen MR) is 135 cm³/mol. The van der Waals surface area contributed by atoms with Gasteiger partial charge in [-0.3, -0.25) is 14.4 Å². The molecule has 0 fully saturated rings. The van der Waals surface area contributed by atoms with Gasteiger partial charge in [-0.25, -0.2) is 28.0 Å². The number of carbonyl (C=O) groups excluding carboxylic acids is 1. The van der Waals surface area contributed by atoms with Gasteiger partial charge in [-0.15, -0.1) is 0 Å². The minimum Gasteiger partial charge on any atom is -0.383 e. The van der Waals surface area contributed by atoms with Crippen molar-refractivity contribution in [1.29, 1.82) is 0 Å². The summed E-state index contributed by atoms with van der Waals surface area (Å²) in [6.07, 6.45) is 0.462. The highest BCUT2D eigenvalue weighted by atomic mass is 32.2. The molecule has 3 rings (SSSR count). The third kappa shape index (κ3) is 7.41. The maximum Gasteiger partial charge on any atom is 0.300 e. The first-order valence-electron chi connectivity index (χ1n) is 11.2. The molecule has 0 unspecified atom stereocenters. The predicted octanol–water partition coefficient (Wildman–Crippen LogP) is 3.46. The van der Waals surface area contributed by atoms with E-state index < -0.39 is 68.4 Å². The number of aromatic nitrogens is 1. The Kier molecular flexibility index (Phi) is 9.80. The van der Waals surface area contributed by atoms with Crippen molar-refractivity contribution in [3.8, 4) is 0 Å². The average molecular weight is 572 g/mol. The standard InChI is InChI=1S/C24H25F4N5O5S/c1-13-4-5-18(17(25)10-13)31-22-16(24(34)32-38-3)12-15(19(26)21(22)28)11-14-6-7-29-23(20(14)27)33-39(35,36)30-8-9-37-2/h4-7,10,12,30-31H,8-9,11H2,1-3H3,(H,29,33)(H,32,34). The molecule has 210 valence electrons. The van der Waals surface area contributed by atoms with Gasteiger partial charge in [-0.05, 0) is 47.9 Å². The lowest BCUT2D eigenvalue weighted by Crippen LogP contribution is -2.33. The minimum atomic E-state index is -4.22. The highest BCUT2D eigenvalue weighted by Crippen LogP contribution is 2.32. The molecule has 0 aliphatic rings. The second-order valence-electron chi connectivity index (χ2n) is 8.13. The molecule has 10 nitrogen and oxygen atoms in total. The quantitative estimate of drug-likeness (QED) is 0.149. The number of carbonyl (C=O) groups is 1. The summed E-state index contributed by atoms with van der Waals surface area (Å²) in [4.78, 5) is 20.8. The average Bonchev–Trinajstić information content (AvgIpc) is 2.87. The van der Waals surface area contributed by atoms with Crippen molar-refractivity contribution >= 4 is 33.3 Å². The number of anilines is 3. The Labute approximate surface area is 221 Å². The van der Waals surface area contributed by atoms with Gasteiger partial charge in [-0.2, -0.15) is 13.1 Å². The number of benzene rings is 2. The van der Waals surface area contributed by atoms with Crippen molar-refractivity contribution in [2.45, 2.75) is 13.3 Å². The van der Waals surface area contributed by atoms with Crippen molar-refractivity contribution in [3.63, 3.8) is 0 Å². The molecule has 1 heterocycles. The van der Waals surface area contributed by atoms with Crippen LogP contribution in [0.4, 0.5) is 34.8 Å². The summed E-state index contributed by atoms with van der Waals surface area (Å²) in [7, 11) is -1.74. The van der Waals surface area contributed by atoms with Gasteiger partial charge in [0.1, 0.15) is 5.82 Å². The number of hydrogen-bond donors (Lipinski definition) is 4. The lowest BCUT2D eigenvalue weighted by molar-refractivity contribution is 0.0538. The number of nitrogens with one attached hydrogen (secondary N) is 4. The zero-order valence-corrected chi connectivity index (χ0v) is 21.8. The van der Waals surface area contributed by atoms with Crippen LogP contribution in [0.15, 0.2) is 36.5 Å². The van der Waals surface area contributed by atoms with Crippen LogP contribution in [0, 0.1) is 30.2 Å². The van der Waals surface area contributed by atoms with Gasteiger partial charge in [0, 0.05) is 26.3 Å². The number of pyridine rings is 1. The Hall–Kier alpha value is -3.79. The zero-order chi connectivity index (χ0) is 28.7. The van der Waals surface area contributed by atoms with Crippen LogP contribution in [0.3, 0.4) is 0 Å². The molecule has 1 amide bonds. The molecule has 0 radical (unpaired) electrons. The molecule has 0 atom stereocenters. The Balaban J connectivity index is 2.00. The lowest BCUT2D eigenvalue weighted by Gasteiger charge is -2.17. The number of hydroxylamine groups is 1. The fourth-order valence-corrected chi connectivity index (χ4v) is 4.27. The van der Waals surface area contributed by atoms with E-state index in [1.165, 1.54) is 19.2 Å². The molecule has 0 bridgehead atoms. The van der Waals surface area contributed by atoms with E-state index >= 15 is 13.2 Å². The molecule has 2 aromatic carbocycles. The third-order valence-electron chi connectivity index (χ3n) is 5.29. The lowest BCUT2D eigenvalue weighted by atomic mass is 9.99. The molecule has 0 aliphatic heterocycles. The van der Waals surface area contributed by atoms with Gasteiger partial charge < -0.3 is 10.1 Å². The second-order valence-corrected chi connectivity index (χ2v) is 9.63. The van der Waals surface area contributed by atoms with E-state index in [-0.39, 0.29) is 24.4 Å². The number of amides is 1. The number of rotatable bonds is 12. The van der Waals surface area contributed by atoms with E-state index in [4.69, 9.17) is 4.74 Å². The molecule has 0 aliphatic carbocycles. The molecule has 39 heavy (non-hydrogen) atoms. The molecule has 1 aromatic heterocycles. The number of hydrogen-bond acceptors (Lipinski definition) is 7. The van der Waals surface area contributed by atoms with E-state index in [1.54, 1.807) is 6.92 Å². The number of aryl methyl sites for hydroxylation is 1. The first-order valence-corrected chi connectivity index (χ1v) is 12.7. The summed E-state index contributed by atoms with van der Waals surface area (Å²) in [5.74, 6) is -6.60. The van der Waals surface area contributed by atoms with Gasteiger partial charge >= 0.3 is 0 Å². The Morgan fingerprint density at radius 3 is 2.41 bits per heavy atom. The van der Waals surface area contributed by atoms with Gasteiger partial charge in [0.2, 0.25) is 0 Å². The van der Waals surface area contributed by atoms with Crippen molar-refractivity contribution in [1.82, 2.24) is 15.2 Å². The highest BCUT2D eigenvalue weighted by molar-refractivity contribution is 7.90. The molecular formula is C24H25F4N5O5S. The first kappa shape index (κ1) is 29.8. The number of methoxy groups -OCH3 is 1. The van der Waals surface area contributed by atoms with Crippen molar-refractivity contribution in [2.24, 2.45) is 0 Å². The monoisotopic (exact) mass is 571 g/mol. The fraction of sp³-hybridized carbons (Fsp3) is 0.250. The summed E-state index contributed by atoms with van der Waals surface area (Å²) in [5.41, 5.74) is 0.454. The summed E-state index contributed by atoms with van der Waals surface area (Å²) in [6.45, 7) is 1.59. The number of nitrogens with zero attached hydrogens (tertiary/aromatic N) is 1. The maximum absolute atomic E-state index is 15.3. The molecule has 15 heteroatoms. The van der Waals surface area contributed by atoms with Crippen LogP contribution in [-0.4, -0.2) is 46.7 Å². The van der Waals surface area contributed by atoms with Gasteiger partial charge in [0.15, 0.2) is 23.3 Å². The Morgan fingerprint density at radius 1 is 1.00 bits per heavy atom. The molecule has 0 saturated carbocycles. The van der Waals surface area contributed by atoms with Gasteiger partial charge in [0.05, 0.1) is 30.7 Å². The van der Waals surface area contributed by atoms with Gasteiger partial charge in [0.25, 0.3) is 16.1 Å². The maximum atomic E-state index is 15.3. The van der Waals surface area contributed by atoms with E-state index in [9.17, 15) is 17.6 Å². The van der Waals surface area contributed by atoms with E-state index in [1.807, 2.05) is 10.2 Å². The molecular weight excluding hydrogens is 546 g/mol. The summed E-state index contributed by atoms with van der Waals surface area (Å²) < 4.78 is 93.0. The highest BCUT2D eigenvalue weighted by Gasteiger charge is 2.25. The van der Waals surface area contributed by atoms with Crippen LogP contribution in [0.1, 0.15) is 27.0 Å². The topological polar surface area (TPSA) is 131 Å². The van der Waals surface area contributed by atoms with Crippen molar-refractivity contribution in [2.75, 3.05) is 37.4 Å². The SMILES string of the molecule is COCCNS(=O)(=O)Nc1nccc(Cc2cc(C(=O)NOC)c(Nc3ccc(C)cc3F)c(F)c2F)c1F. The second kappa shape index (κ2) is 12.8. The van der Waals surface area contributed by atoms with E-state index in [2.05, 4.69) is 19.9 Å².